The predicted octanol–water partition coefficient (Wildman–Crippen LogP) is 4.00. The van der Waals surface area contributed by atoms with Crippen LogP contribution in [0.5, 0.6) is 5.75 Å². The summed E-state index contributed by atoms with van der Waals surface area (Å²) in [5.41, 5.74) is 7.61. The normalized spacial score (nSPS) is 10.6. The van der Waals surface area contributed by atoms with E-state index in [-0.39, 0.29) is 10.7 Å². The Bertz CT molecular complexity index is 1090. The van der Waals surface area contributed by atoms with Gasteiger partial charge in [0, 0.05) is 17.6 Å². The first-order chi connectivity index (χ1) is 14.3. The van der Waals surface area contributed by atoms with Crippen LogP contribution in [0, 0.1) is 13.8 Å². The smallest absolute Gasteiger partial charge is 0.274 e. The van der Waals surface area contributed by atoms with Crippen molar-refractivity contribution in [1.82, 2.24) is 20.6 Å². The van der Waals surface area contributed by atoms with E-state index in [0.717, 1.165) is 11.1 Å². The van der Waals surface area contributed by atoms with Gasteiger partial charge >= 0.3 is 0 Å². The average Bonchev–Trinajstić information content (AvgIpc) is 2.98. The van der Waals surface area contributed by atoms with Gasteiger partial charge in [-0.1, -0.05) is 35.3 Å². The second-order valence-corrected chi connectivity index (χ2v) is 7.44. The highest BCUT2D eigenvalue weighted by molar-refractivity contribution is 6.33. The van der Waals surface area contributed by atoms with E-state index in [1.54, 1.807) is 50.4 Å². The molecule has 2 N–H and O–H groups in total. The molecule has 1 aromatic heterocycles. The van der Waals surface area contributed by atoms with Gasteiger partial charge in [0.2, 0.25) is 0 Å². The monoisotopic (exact) mass is 446 g/mol. The largest absolute Gasteiger partial charge is 0.489 e. The number of aromatic nitrogens is 2. The molecule has 0 radical (unpaired) electrons. The topological polar surface area (TPSA) is 85.2 Å². The van der Waals surface area contributed by atoms with Crippen LogP contribution in [0.2, 0.25) is 10.2 Å². The molecule has 0 bridgehead atoms. The molecular weight excluding hydrogens is 427 g/mol. The number of carbonyl (C=O) groups is 2. The number of ether oxygens (including phenoxy) is 1. The van der Waals surface area contributed by atoms with Crippen LogP contribution in [0.15, 0.2) is 42.5 Å². The second kappa shape index (κ2) is 9.19. The summed E-state index contributed by atoms with van der Waals surface area (Å²) >= 11 is 12.1. The zero-order chi connectivity index (χ0) is 21.8. The summed E-state index contributed by atoms with van der Waals surface area (Å²) in [5, 5.41) is 4.95. The minimum Gasteiger partial charge on any atom is -0.489 e. The third-order valence-corrected chi connectivity index (χ3v) is 5.28. The van der Waals surface area contributed by atoms with Crippen LogP contribution in [0.3, 0.4) is 0 Å². The number of aryl methyl sites for hydroxylation is 3. The van der Waals surface area contributed by atoms with E-state index < -0.39 is 11.8 Å². The first-order valence-electron chi connectivity index (χ1n) is 9.04. The van der Waals surface area contributed by atoms with Crippen LogP contribution >= 0.6 is 23.2 Å². The Labute approximate surface area is 183 Å². The van der Waals surface area contributed by atoms with Gasteiger partial charge in [-0.3, -0.25) is 25.1 Å². The Morgan fingerprint density at radius 3 is 2.30 bits per heavy atom. The molecule has 0 fully saturated rings. The van der Waals surface area contributed by atoms with Crippen molar-refractivity contribution in [2.75, 3.05) is 0 Å². The summed E-state index contributed by atoms with van der Waals surface area (Å²) in [7, 11) is 1.63. The molecule has 2 aromatic carbocycles. The van der Waals surface area contributed by atoms with E-state index in [4.69, 9.17) is 27.9 Å². The number of carbonyl (C=O) groups excluding carboxylic acids is 2. The minimum absolute atomic E-state index is 0.194. The highest BCUT2D eigenvalue weighted by atomic mass is 35.5. The Balaban J connectivity index is 1.55. The molecule has 0 saturated carbocycles. The number of hydrogen-bond donors (Lipinski definition) is 2. The van der Waals surface area contributed by atoms with E-state index >= 15 is 0 Å². The molecule has 9 heteroatoms. The third-order valence-electron chi connectivity index (χ3n) is 4.42. The molecule has 3 rings (SSSR count). The van der Waals surface area contributed by atoms with Crippen molar-refractivity contribution in [1.29, 1.82) is 0 Å². The summed E-state index contributed by atoms with van der Waals surface area (Å²) in [6.45, 7) is 3.91. The Morgan fingerprint density at radius 1 is 1.03 bits per heavy atom. The Hall–Kier alpha value is -3.03. The molecule has 2 amide bonds. The van der Waals surface area contributed by atoms with Gasteiger partial charge in [0.1, 0.15) is 23.1 Å². The number of rotatable bonds is 5. The summed E-state index contributed by atoms with van der Waals surface area (Å²) in [4.78, 5) is 24.6. The number of benzene rings is 2. The number of hydrogen-bond acceptors (Lipinski definition) is 4. The number of nitrogens with zero attached hydrogens (tertiary/aromatic N) is 2. The first-order valence-corrected chi connectivity index (χ1v) is 9.79. The zero-order valence-electron chi connectivity index (χ0n) is 16.6. The van der Waals surface area contributed by atoms with E-state index in [1.165, 1.54) is 4.68 Å². The lowest BCUT2D eigenvalue weighted by atomic mass is 10.1. The van der Waals surface area contributed by atoms with E-state index in [1.807, 2.05) is 13.0 Å². The van der Waals surface area contributed by atoms with Crippen molar-refractivity contribution in [3.05, 3.63) is 80.6 Å². The average molecular weight is 447 g/mol. The van der Waals surface area contributed by atoms with Crippen LogP contribution in [0.1, 0.15) is 37.5 Å². The van der Waals surface area contributed by atoms with Crippen LogP contribution in [0.25, 0.3) is 0 Å². The van der Waals surface area contributed by atoms with E-state index in [9.17, 15) is 9.59 Å². The molecule has 0 aliphatic heterocycles. The standard InChI is InChI=1S/C21H20Cl2N4O3/c1-12-10-16(8-9-17(12)22)30-11-14-4-6-15(7-5-14)20(28)24-25-21(29)18-13(2)26-27(3)19(18)23/h4-10H,11H2,1-3H3,(H,24,28)(H,25,29). The van der Waals surface area contributed by atoms with Gasteiger partial charge in [0.25, 0.3) is 11.8 Å². The highest BCUT2D eigenvalue weighted by Gasteiger charge is 2.19. The van der Waals surface area contributed by atoms with Crippen LogP contribution in [-0.4, -0.2) is 21.6 Å². The molecular formula is C21H20Cl2N4O3. The van der Waals surface area contributed by atoms with Crippen LogP contribution in [-0.2, 0) is 13.7 Å². The number of hydrazine groups is 1. The first kappa shape index (κ1) is 21.7. The fourth-order valence-electron chi connectivity index (χ4n) is 2.76. The minimum atomic E-state index is -0.540. The maximum atomic E-state index is 12.3. The summed E-state index contributed by atoms with van der Waals surface area (Å²) in [5.74, 6) is -0.283. The lowest BCUT2D eigenvalue weighted by Crippen LogP contribution is -2.41. The molecule has 0 spiro atoms. The molecule has 0 atom stereocenters. The second-order valence-electron chi connectivity index (χ2n) is 6.68. The number of nitrogens with one attached hydrogen (secondary N) is 2. The van der Waals surface area contributed by atoms with Gasteiger partial charge in [0.15, 0.2) is 0 Å². The SMILES string of the molecule is Cc1cc(OCc2ccc(C(=O)NNC(=O)c3c(C)nn(C)c3Cl)cc2)ccc1Cl. The number of amides is 2. The predicted molar refractivity (Wildman–Crippen MR) is 115 cm³/mol. The molecule has 156 valence electrons. The van der Waals surface area contributed by atoms with Crippen molar-refractivity contribution in [2.24, 2.45) is 7.05 Å². The van der Waals surface area contributed by atoms with Gasteiger partial charge in [-0.2, -0.15) is 5.10 Å². The van der Waals surface area contributed by atoms with Crippen molar-refractivity contribution in [3.8, 4) is 5.75 Å². The van der Waals surface area contributed by atoms with Gasteiger partial charge in [-0.15, -0.1) is 0 Å². The molecule has 3 aromatic rings. The lowest BCUT2D eigenvalue weighted by Gasteiger charge is -2.09. The molecule has 30 heavy (non-hydrogen) atoms. The van der Waals surface area contributed by atoms with E-state index in [2.05, 4.69) is 16.0 Å². The van der Waals surface area contributed by atoms with Gasteiger partial charge in [-0.25, -0.2) is 0 Å². The third kappa shape index (κ3) is 4.93. The maximum Gasteiger partial charge on any atom is 0.274 e. The maximum absolute atomic E-state index is 12.3. The fourth-order valence-corrected chi connectivity index (χ4v) is 3.14. The van der Waals surface area contributed by atoms with Crippen molar-refractivity contribution in [3.63, 3.8) is 0 Å². The lowest BCUT2D eigenvalue weighted by molar-refractivity contribution is 0.0846. The van der Waals surface area contributed by atoms with Crippen LogP contribution in [0.4, 0.5) is 0 Å². The number of halogens is 2. The summed E-state index contributed by atoms with van der Waals surface area (Å²) < 4.78 is 7.13. The van der Waals surface area contributed by atoms with Gasteiger partial charge in [-0.05, 0) is 55.3 Å². The molecule has 0 saturated heterocycles. The highest BCUT2D eigenvalue weighted by Crippen LogP contribution is 2.22. The fraction of sp³-hybridized carbons (Fsp3) is 0.190. The van der Waals surface area contributed by atoms with Crippen molar-refractivity contribution in [2.45, 2.75) is 20.5 Å². The molecule has 0 aliphatic rings. The van der Waals surface area contributed by atoms with Crippen LogP contribution < -0.4 is 15.6 Å². The molecule has 1 heterocycles. The van der Waals surface area contributed by atoms with Gasteiger partial charge < -0.3 is 4.74 Å². The molecule has 0 unspecified atom stereocenters. The van der Waals surface area contributed by atoms with Crippen molar-refractivity contribution < 1.29 is 14.3 Å². The van der Waals surface area contributed by atoms with E-state index in [0.29, 0.717) is 28.6 Å². The quantitative estimate of drug-likeness (QED) is 0.580. The summed E-state index contributed by atoms with van der Waals surface area (Å²) in [6.07, 6.45) is 0. The summed E-state index contributed by atoms with van der Waals surface area (Å²) in [6, 6.07) is 12.3. The Morgan fingerprint density at radius 2 is 1.70 bits per heavy atom. The molecule has 0 aliphatic carbocycles. The molecule has 7 nitrogen and oxygen atoms in total. The van der Waals surface area contributed by atoms with Gasteiger partial charge in [0.05, 0.1) is 5.69 Å². The van der Waals surface area contributed by atoms with Crippen molar-refractivity contribution >= 4 is 35.0 Å². The zero-order valence-corrected chi connectivity index (χ0v) is 18.1. The Kier molecular flexibility index (Phi) is 6.64.